The highest BCUT2D eigenvalue weighted by Gasteiger charge is 2.28. The van der Waals surface area contributed by atoms with Gasteiger partial charge in [0.05, 0.1) is 32.7 Å². The van der Waals surface area contributed by atoms with Crippen molar-refractivity contribution in [1.29, 1.82) is 0 Å². The summed E-state index contributed by atoms with van der Waals surface area (Å²) in [6, 6.07) is 8.85. The van der Waals surface area contributed by atoms with Gasteiger partial charge in [0, 0.05) is 11.6 Å². The first-order chi connectivity index (χ1) is 13.7. The highest BCUT2D eigenvalue weighted by molar-refractivity contribution is 7.93. The zero-order chi connectivity index (χ0) is 21.2. The minimum Gasteiger partial charge on any atom is -0.452 e. The van der Waals surface area contributed by atoms with Crippen LogP contribution >= 0.6 is 34.8 Å². The van der Waals surface area contributed by atoms with Crippen LogP contribution in [0.25, 0.3) is 0 Å². The second kappa shape index (κ2) is 8.79. The number of anilines is 2. The van der Waals surface area contributed by atoms with Gasteiger partial charge in [0.25, 0.3) is 5.91 Å². The molecule has 0 radical (unpaired) electrons. The van der Waals surface area contributed by atoms with Crippen LogP contribution < -0.4 is 9.62 Å². The number of hydrogen-bond donors (Lipinski definition) is 1. The van der Waals surface area contributed by atoms with Crippen molar-refractivity contribution < 1.29 is 22.7 Å². The smallest absolute Gasteiger partial charge is 0.338 e. The molecule has 1 N–H and O–H groups in total. The van der Waals surface area contributed by atoms with E-state index in [9.17, 15) is 18.0 Å². The third-order valence-corrected chi connectivity index (χ3v) is 6.76. The van der Waals surface area contributed by atoms with Crippen molar-refractivity contribution in [2.75, 3.05) is 28.5 Å². The van der Waals surface area contributed by atoms with Gasteiger partial charge in [-0.25, -0.2) is 13.2 Å². The minimum absolute atomic E-state index is 0.0671. The lowest BCUT2D eigenvalue weighted by atomic mass is 10.2. The summed E-state index contributed by atoms with van der Waals surface area (Å²) in [5.41, 5.74) is 0.654. The largest absolute Gasteiger partial charge is 0.452 e. The Morgan fingerprint density at radius 1 is 1.10 bits per heavy atom. The topological polar surface area (TPSA) is 92.8 Å². The second-order valence-corrected chi connectivity index (χ2v) is 9.42. The van der Waals surface area contributed by atoms with Crippen LogP contribution in [0.5, 0.6) is 0 Å². The number of hydrogen-bond acceptors (Lipinski definition) is 5. The van der Waals surface area contributed by atoms with Crippen molar-refractivity contribution in [1.82, 2.24) is 0 Å². The zero-order valence-electron chi connectivity index (χ0n) is 14.8. The monoisotopic (exact) mass is 476 g/mol. The number of sulfonamides is 1. The molecule has 0 atom stereocenters. The van der Waals surface area contributed by atoms with Crippen molar-refractivity contribution in [3.05, 3.63) is 57.0 Å². The third-order valence-electron chi connectivity index (χ3n) is 4.07. The first-order valence-corrected chi connectivity index (χ1v) is 11.1. The molecule has 154 valence electrons. The van der Waals surface area contributed by atoms with Gasteiger partial charge in [0.2, 0.25) is 10.0 Å². The van der Waals surface area contributed by atoms with E-state index >= 15 is 0 Å². The first kappa shape index (κ1) is 21.7. The third kappa shape index (κ3) is 5.14. The summed E-state index contributed by atoms with van der Waals surface area (Å²) in [5.74, 6) is -1.35. The van der Waals surface area contributed by atoms with E-state index in [0.717, 1.165) is 0 Å². The maximum Gasteiger partial charge on any atom is 0.338 e. The molecule has 0 unspecified atom stereocenters. The fourth-order valence-corrected chi connectivity index (χ4v) is 5.24. The van der Waals surface area contributed by atoms with E-state index in [-0.39, 0.29) is 27.0 Å². The quantitative estimate of drug-likeness (QED) is 0.658. The van der Waals surface area contributed by atoms with Gasteiger partial charge in [0.15, 0.2) is 6.61 Å². The van der Waals surface area contributed by atoms with E-state index < -0.39 is 28.5 Å². The van der Waals surface area contributed by atoms with Crippen LogP contribution in [0.3, 0.4) is 0 Å². The van der Waals surface area contributed by atoms with E-state index in [1.807, 2.05) is 0 Å². The van der Waals surface area contributed by atoms with Gasteiger partial charge in [-0.3, -0.25) is 9.10 Å². The van der Waals surface area contributed by atoms with E-state index in [2.05, 4.69) is 5.32 Å². The summed E-state index contributed by atoms with van der Waals surface area (Å²) in [6.07, 6.45) is 0.521. The molecule has 11 heteroatoms. The van der Waals surface area contributed by atoms with Crippen LogP contribution in [0.2, 0.25) is 15.1 Å². The molecule has 0 aromatic heterocycles. The Hall–Kier alpha value is -2.00. The number of halogens is 3. The van der Waals surface area contributed by atoms with Gasteiger partial charge in [-0.15, -0.1) is 0 Å². The van der Waals surface area contributed by atoms with Crippen LogP contribution in [-0.2, 0) is 19.6 Å². The molecule has 0 saturated carbocycles. The summed E-state index contributed by atoms with van der Waals surface area (Å²) in [5, 5.41) is 3.04. The summed E-state index contributed by atoms with van der Waals surface area (Å²) < 4.78 is 30.3. The Labute approximate surface area is 182 Å². The maximum atomic E-state index is 12.3. The average molecular weight is 478 g/mol. The molecule has 1 saturated heterocycles. The summed E-state index contributed by atoms with van der Waals surface area (Å²) in [6.45, 7) is -0.230. The number of benzene rings is 2. The normalized spacial score (nSPS) is 15.2. The Balaban J connectivity index is 1.64. The summed E-state index contributed by atoms with van der Waals surface area (Å²) in [4.78, 5) is 24.3. The highest BCUT2D eigenvalue weighted by Crippen LogP contribution is 2.33. The van der Waals surface area contributed by atoms with Crippen LogP contribution in [-0.4, -0.2) is 39.2 Å². The lowest BCUT2D eigenvalue weighted by Gasteiger charge is -2.17. The average Bonchev–Trinajstić information content (AvgIpc) is 3.02. The van der Waals surface area contributed by atoms with Crippen molar-refractivity contribution >= 4 is 68.1 Å². The molecular formula is C18H15Cl3N2O5S. The van der Waals surface area contributed by atoms with Crippen molar-refractivity contribution in [2.24, 2.45) is 0 Å². The number of amides is 1. The molecule has 0 bridgehead atoms. The predicted octanol–water partition coefficient (Wildman–Crippen LogP) is 3.98. The maximum absolute atomic E-state index is 12.3. The number of ether oxygens (including phenoxy) is 1. The van der Waals surface area contributed by atoms with E-state index in [0.29, 0.717) is 23.7 Å². The molecule has 29 heavy (non-hydrogen) atoms. The number of rotatable bonds is 5. The van der Waals surface area contributed by atoms with E-state index in [4.69, 9.17) is 39.5 Å². The molecule has 7 nitrogen and oxygen atoms in total. The fraction of sp³-hybridized carbons (Fsp3) is 0.222. The lowest BCUT2D eigenvalue weighted by Crippen LogP contribution is -2.25. The Morgan fingerprint density at radius 2 is 1.79 bits per heavy atom. The Kier molecular flexibility index (Phi) is 6.58. The van der Waals surface area contributed by atoms with Crippen LogP contribution in [0.1, 0.15) is 16.8 Å². The molecule has 3 rings (SSSR count). The summed E-state index contributed by atoms with van der Waals surface area (Å²) in [7, 11) is -3.37. The molecule has 1 fully saturated rings. The molecule has 1 aliphatic rings. The number of carbonyl (C=O) groups excluding carboxylic acids is 2. The van der Waals surface area contributed by atoms with Gasteiger partial charge < -0.3 is 10.1 Å². The van der Waals surface area contributed by atoms with Crippen molar-refractivity contribution in [3.8, 4) is 0 Å². The molecule has 0 spiro atoms. The standard InChI is InChI=1S/C18H15Cl3N2O5S/c19-12-8-14(20)17(15(21)9-12)22-16(24)10-28-18(25)11-3-1-4-13(7-11)23-5-2-6-29(23,26)27/h1,3-4,7-9H,2,5-6,10H2,(H,22,24). The molecule has 1 amide bonds. The highest BCUT2D eigenvalue weighted by atomic mass is 35.5. The SMILES string of the molecule is O=C(COC(=O)c1cccc(N2CCCS2(=O)=O)c1)Nc1c(Cl)cc(Cl)cc1Cl. The minimum atomic E-state index is -3.37. The molecule has 1 aliphatic heterocycles. The van der Waals surface area contributed by atoms with Crippen molar-refractivity contribution in [2.45, 2.75) is 6.42 Å². The Morgan fingerprint density at radius 3 is 2.41 bits per heavy atom. The molecule has 0 aliphatic carbocycles. The lowest BCUT2D eigenvalue weighted by molar-refractivity contribution is -0.119. The van der Waals surface area contributed by atoms with Crippen LogP contribution in [0.4, 0.5) is 11.4 Å². The molecule has 2 aromatic carbocycles. The molecule has 1 heterocycles. The van der Waals surface area contributed by atoms with E-state index in [1.165, 1.54) is 28.6 Å². The van der Waals surface area contributed by atoms with Gasteiger partial charge in [-0.1, -0.05) is 40.9 Å². The zero-order valence-corrected chi connectivity index (χ0v) is 17.9. The van der Waals surface area contributed by atoms with Gasteiger partial charge >= 0.3 is 5.97 Å². The van der Waals surface area contributed by atoms with Crippen molar-refractivity contribution in [3.63, 3.8) is 0 Å². The fourth-order valence-electron chi connectivity index (χ4n) is 2.77. The van der Waals surface area contributed by atoms with Gasteiger partial charge in [0.1, 0.15) is 0 Å². The van der Waals surface area contributed by atoms with Crippen LogP contribution in [0.15, 0.2) is 36.4 Å². The van der Waals surface area contributed by atoms with Gasteiger partial charge in [-0.2, -0.15) is 0 Å². The van der Waals surface area contributed by atoms with E-state index in [1.54, 1.807) is 12.1 Å². The van der Waals surface area contributed by atoms with Crippen LogP contribution in [0, 0.1) is 0 Å². The molecular weight excluding hydrogens is 463 g/mol. The number of nitrogens with one attached hydrogen (secondary N) is 1. The first-order valence-electron chi connectivity index (χ1n) is 8.39. The van der Waals surface area contributed by atoms with Gasteiger partial charge in [-0.05, 0) is 36.8 Å². The second-order valence-electron chi connectivity index (χ2n) is 6.16. The number of nitrogens with zero attached hydrogens (tertiary/aromatic N) is 1. The Bertz CT molecular complexity index is 1050. The number of esters is 1. The molecule has 2 aromatic rings. The number of carbonyl (C=O) groups is 2. The predicted molar refractivity (Wildman–Crippen MR) is 113 cm³/mol. The summed E-state index contributed by atoms with van der Waals surface area (Å²) >= 11 is 17.8.